The number of hydrogen-bond acceptors (Lipinski definition) is 4. The summed E-state index contributed by atoms with van der Waals surface area (Å²) in [5, 5.41) is 2.96. The standard InChI is InChI=1S/C22H21N3O2/c1-16-6-8-18(9-7-16)10-11-21(26)25-17(2)19-4-3-5-20(14-19)27-22-15-23-12-13-24-22/h3-15,17H,1-2H3,(H,25,26)/t17-/m0/s1. The van der Waals surface area contributed by atoms with Gasteiger partial charge in [0.05, 0.1) is 12.2 Å². The minimum atomic E-state index is -0.162. The van der Waals surface area contributed by atoms with E-state index in [1.165, 1.54) is 5.56 Å². The van der Waals surface area contributed by atoms with Gasteiger partial charge in [-0.15, -0.1) is 0 Å². The Morgan fingerprint density at radius 3 is 2.70 bits per heavy atom. The topological polar surface area (TPSA) is 64.1 Å². The van der Waals surface area contributed by atoms with E-state index in [-0.39, 0.29) is 11.9 Å². The molecule has 3 rings (SSSR count). The lowest BCUT2D eigenvalue weighted by Gasteiger charge is -2.14. The molecule has 2 aromatic carbocycles. The summed E-state index contributed by atoms with van der Waals surface area (Å²) in [6.45, 7) is 3.96. The monoisotopic (exact) mass is 359 g/mol. The van der Waals surface area contributed by atoms with Gasteiger partial charge in [-0.2, -0.15) is 0 Å². The fourth-order valence-corrected chi connectivity index (χ4v) is 2.50. The van der Waals surface area contributed by atoms with E-state index in [0.717, 1.165) is 11.1 Å². The summed E-state index contributed by atoms with van der Waals surface area (Å²) in [6, 6.07) is 15.4. The van der Waals surface area contributed by atoms with E-state index in [9.17, 15) is 4.79 Å². The lowest BCUT2D eigenvalue weighted by molar-refractivity contribution is -0.117. The van der Waals surface area contributed by atoms with Crippen LogP contribution in [-0.2, 0) is 4.79 Å². The summed E-state index contributed by atoms with van der Waals surface area (Å²) >= 11 is 0. The first kappa shape index (κ1) is 18.3. The third-order valence-electron chi connectivity index (χ3n) is 3.98. The van der Waals surface area contributed by atoms with Crippen LogP contribution in [0, 0.1) is 6.92 Å². The number of rotatable bonds is 6. The normalized spacial score (nSPS) is 11.9. The van der Waals surface area contributed by atoms with Gasteiger partial charge in [0.2, 0.25) is 11.8 Å². The molecule has 1 amide bonds. The molecule has 3 aromatic rings. The number of nitrogens with one attached hydrogen (secondary N) is 1. The summed E-state index contributed by atoms with van der Waals surface area (Å²) in [4.78, 5) is 20.3. The highest BCUT2D eigenvalue weighted by Crippen LogP contribution is 2.22. The van der Waals surface area contributed by atoms with Crippen LogP contribution in [0.4, 0.5) is 0 Å². The molecule has 0 aliphatic carbocycles. The van der Waals surface area contributed by atoms with Crippen molar-refractivity contribution in [1.29, 1.82) is 0 Å². The van der Waals surface area contributed by atoms with E-state index in [1.807, 2.05) is 62.4 Å². The van der Waals surface area contributed by atoms with Gasteiger partial charge in [-0.25, -0.2) is 4.98 Å². The zero-order chi connectivity index (χ0) is 19.1. The molecular formula is C22H21N3O2. The van der Waals surface area contributed by atoms with E-state index < -0.39 is 0 Å². The predicted octanol–water partition coefficient (Wildman–Crippen LogP) is 4.47. The Labute approximate surface area is 158 Å². The molecule has 27 heavy (non-hydrogen) atoms. The molecule has 0 aliphatic rings. The Morgan fingerprint density at radius 2 is 1.96 bits per heavy atom. The Bertz CT molecular complexity index is 922. The lowest BCUT2D eigenvalue weighted by Crippen LogP contribution is -2.24. The fourth-order valence-electron chi connectivity index (χ4n) is 2.50. The highest BCUT2D eigenvalue weighted by Gasteiger charge is 2.09. The number of aromatic nitrogens is 2. The molecule has 0 aliphatic heterocycles. The molecule has 5 heteroatoms. The lowest BCUT2D eigenvalue weighted by atomic mass is 10.1. The third kappa shape index (κ3) is 5.51. The molecule has 0 saturated carbocycles. The van der Waals surface area contributed by atoms with Gasteiger partial charge in [0.15, 0.2) is 0 Å². The summed E-state index contributed by atoms with van der Waals surface area (Å²) in [5.41, 5.74) is 3.12. The van der Waals surface area contributed by atoms with E-state index in [2.05, 4.69) is 15.3 Å². The number of carbonyl (C=O) groups excluding carboxylic acids is 1. The van der Waals surface area contributed by atoms with Crippen LogP contribution < -0.4 is 10.1 Å². The molecule has 0 saturated heterocycles. The maximum Gasteiger partial charge on any atom is 0.244 e. The van der Waals surface area contributed by atoms with Crippen molar-refractivity contribution >= 4 is 12.0 Å². The molecule has 5 nitrogen and oxygen atoms in total. The number of nitrogens with zero attached hydrogens (tertiary/aromatic N) is 2. The molecule has 0 bridgehead atoms. The number of ether oxygens (including phenoxy) is 1. The summed E-state index contributed by atoms with van der Waals surface area (Å²) in [6.07, 6.45) is 8.05. The predicted molar refractivity (Wildman–Crippen MR) is 105 cm³/mol. The maximum absolute atomic E-state index is 12.2. The van der Waals surface area contributed by atoms with Crippen molar-refractivity contribution in [3.8, 4) is 11.6 Å². The van der Waals surface area contributed by atoms with E-state index >= 15 is 0 Å². The van der Waals surface area contributed by atoms with Gasteiger partial charge in [-0.1, -0.05) is 42.0 Å². The number of carbonyl (C=O) groups is 1. The molecule has 1 atom stereocenters. The van der Waals surface area contributed by atoms with Crippen LogP contribution in [-0.4, -0.2) is 15.9 Å². The van der Waals surface area contributed by atoms with Gasteiger partial charge in [0, 0.05) is 18.5 Å². The first-order valence-corrected chi connectivity index (χ1v) is 8.69. The first-order chi connectivity index (χ1) is 13.1. The number of hydrogen-bond donors (Lipinski definition) is 1. The highest BCUT2D eigenvalue weighted by molar-refractivity contribution is 5.91. The van der Waals surface area contributed by atoms with Crippen molar-refractivity contribution in [2.75, 3.05) is 0 Å². The second-order valence-corrected chi connectivity index (χ2v) is 6.19. The number of benzene rings is 2. The van der Waals surface area contributed by atoms with Crippen molar-refractivity contribution < 1.29 is 9.53 Å². The van der Waals surface area contributed by atoms with Gasteiger partial charge in [-0.05, 0) is 43.2 Å². The van der Waals surface area contributed by atoms with Crippen LogP contribution in [0.3, 0.4) is 0 Å². The molecule has 0 unspecified atom stereocenters. The van der Waals surface area contributed by atoms with Crippen molar-refractivity contribution in [2.24, 2.45) is 0 Å². The molecule has 1 heterocycles. The van der Waals surface area contributed by atoms with E-state index in [1.54, 1.807) is 30.7 Å². The molecule has 1 N–H and O–H groups in total. The van der Waals surface area contributed by atoms with Gasteiger partial charge < -0.3 is 10.1 Å². The number of amides is 1. The summed E-state index contributed by atoms with van der Waals surface area (Å²) < 4.78 is 5.69. The zero-order valence-corrected chi connectivity index (χ0v) is 15.3. The maximum atomic E-state index is 12.2. The fraction of sp³-hybridized carbons (Fsp3) is 0.136. The van der Waals surface area contributed by atoms with E-state index in [4.69, 9.17) is 4.74 Å². The van der Waals surface area contributed by atoms with Crippen LogP contribution >= 0.6 is 0 Å². The Morgan fingerprint density at radius 1 is 1.15 bits per heavy atom. The first-order valence-electron chi connectivity index (χ1n) is 8.69. The minimum absolute atomic E-state index is 0.150. The third-order valence-corrected chi connectivity index (χ3v) is 3.98. The van der Waals surface area contributed by atoms with Gasteiger partial charge in [0.1, 0.15) is 5.75 Å². The summed E-state index contributed by atoms with van der Waals surface area (Å²) in [7, 11) is 0. The number of aryl methyl sites for hydroxylation is 1. The molecule has 0 radical (unpaired) electrons. The van der Waals surface area contributed by atoms with Gasteiger partial charge in [0.25, 0.3) is 0 Å². The summed E-state index contributed by atoms with van der Waals surface area (Å²) in [5.74, 6) is 0.917. The zero-order valence-electron chi connectivity index (χ0n) is 15.3. The van der Waals surface area contributed by atoms with Gasteiger partial charge >= 0.3 is 0 Å². The Balaban J connectivity index is 1.61. The SMILES string of the molecule is Cc1ccc(C=CC(=O)N[C@@H](C)c2cccc(Oc3cnccn3)c2)cc1. The Hall–Kier alpha value is -3.47. The van der Waals surface area contributed by atoms with Crippen molar-refractivity contribution in [3.05, 3.63) is 89.9 Å². The smallest absolute Gasteiger partial charge is 0.244 e. The second kappa shape index (κ2) is 8.76. The molecule has 136 valence electrons. The minimum Gasteiger partial charge on any atom is -0.437 e. The van der Waals surface area contributed by atoms with Crippen LogP contribution in [0.25, 0.3) is 6.08 Å². The molecular weight excluding hydrogens is 338 g/mol. The van der Waals surface area contributed by atoms with Crippen molar-refractivity contribution in [2.45, 2.75) is 19.9 Å². The average molecular weight is 359 g/mol. The van der Waals surface area contributed by atoms with Crippen LogP contribution in [0.2, 0.25) is 0 Å². The van der Waals surface area contributed by atoms with E-state index in [0.29, 0.717) is 11.6 Å². The van der Waals surface area contributed by atoms with Gasteiger partial charge in [-0.3, -0.25) is 9.78 Å². The average Bonchev–Trinajstić information content (AvgIpc) is 2.68. The van der Waals surface area contributed by atoms with Crippen LogP contribution in [0.5, 0.6) is 11.6 Å². The highest BCUT2D eigenvalue weighted by atomic mass is 16.5. The molecule has 0 fully saturated rings. The Kier molecular flexibility index (Phi) is 5.94. The van der Waals surface area contributed by atoms with Crippen molar-refractivity contribution in [1.82, 2.24) is 15.3 Å². The van der Waals surface area contributed by atoms with Crippen molar-refractivity contribution in [3.63, 3.8) is 0 Å². The molecule has 0 spiro atoms. The van der Waals surface area contributed by atoms with Crippen LogP contribution in [0.15, 0.2) is 73.2 Å². The van der Waals surface area contributed by atoms with Crippen LogP contribution in [0.1, 0.15) is 29.7 Å². The largest absolute Gasteiger partial charge is 0.437 e. The second-order valence-electron chi connectivity index (χ2n) is 6.19. The molecule has 1 aromatic heterocycles. The quantitative estimate of drug-likeness (QED) is 0.660.